The summed E-state index contributed by atoms with van der Waals surface area (Å²) in [5.41, 5.74) is 9.15. The zero-order valence-electron chi connectivity index (χ0n) is 11.4. The standard InChI is InChI=1S/C13H16N4O2S/c1-9-5-10-3-4-17(12(10)6-11(9)14)20(18,19)13-7-16(2)8-15-13/h5-8H,3-4,14H2,1-2H3. The van der Waals surface area contributed by atoms with E-state index < -0.39 is 10.0 Å². The first-order valence-electron chi connectivity index (χ1n) is 6.29. The van der Waals surface area contributed by atoms with Gasteiger partial charge in [0.2, 0.25) is 0 Å². The molecule has 0 unspecified atom stereocenters. The van der Waals surface area contributed by atoms with Gasteiger partial charge in [0.25, 0.3) is 10.0 Å². The van der Waals surface area contributed by atoms with Crippen LogP contribution in [-0.4, -0.2) is 24.5 Å². The number of fused-ring (bicyclic) bond motifs is 1. The summed E-state index contributed by atoms with van der Waals surface area (Å²) in [6, 6.07) is 3.69. The van der Waals surface area contributed by atoms with Gasteiger partial charge in [0, 0.05) is 25.5 Å². The van der Waals surface area contributed by atoms with Crippen molar-refractivity contribution in [2.75, 3.05) is 16.6 Å². The number of benzene rings is 1. The van der Waals surface area contributed by atoms with Crippen molar-refractivity contribution >= 4 is 21.4 Å². The fourth-order valence-electron chi connectivity index (χ4n) is 2.43. The van der Waals surface area contributed by atoms with Crippen LogP contribution in [0, 0.1) is 6.92 Å². The number of imidazole rings is 1. The number of sulfonamides is 1. The quantitative estimate of drug-likeness (QED) is 0.839. The molecule has 1 aromatic heterocycles. The Kier molecular flexibility index (Phi) is 2.75. The maximum Gasteiger partial charge on any atom is 0.283 e. The van der Waals surface area contributed by atoms with E-state index in [1.807, 2.05) is 13.0 Å². The molecule has 1 aliphatic heterocycles. The van der Waals surface area contributed by atoms with Gasteiger partial charge in [0.1, 0.15) is 0 Å². The van der Waals surface area contributed by atoms with Gasteiger partial charge in [-0.3, -0.25) is 4.31 Å². The van der Waals surface area contributed by atoms with Crippen molar-refractivity contribution in [1.29, 1.82) is 0 Å². The van der Waals surface area contributed by atoms with Gasteiger partial charge in [0.15, 0.2) is 5.03 Å². The molecule has 3 rings (SSSR count). The van der Waals surface area contributed by atoms with Gasteiger partial charge >= 0.3 is 0 Å². The maximum atomic E-state index is 12.6. The fourth-order valence-corrected chi connectivity index (χ4v) is 3.90. The fraction of sp³-hybridized carbons (Fsp3) is 0.308. The van der Waals surface area contributed by atoms with E-state index in [1.165, 1.54) is 16.8 Å². The Bertz CT molecular complexity index is 780. The predicted molar refractivity (Wildman–Crippen MR) is 77.0 cm³/mol. The predicted octanol–water partition coefficient (Wildman–Crippen LogP) is 1.06. The SMILES string of the molecule is Cc1cc2c(cc1N)N(S(=O)(=O)c1cn(C)cn1)CC2. The Morgan fingerprint density at radius 1 is 1.35 bits per heavy atom. The van der Waals surface area contributed by atoms with Gasteiger partial charge in [-0.1, -0.05) is 6.07 Å². The van der Waals surface area contributed by atoms with Crippen LogP contribution in [-0.2, 0) is 23.5 Å². The van der Waals surface area contributed by atoms with Crippen LogP contribution < -0.4 is 10.0 Å². The molecule has 1 aliphatic rings. The first-order valence-corrected chi connectivity index (χ1v) is 7.73. The largest absolute Gasteiger partial charge is 0.398 e. The van der Waals surface area contributed by atoms with Crippen LogP contribution in [0.5, 0.6) is 0 Å². The summed E-state index contributed by atoms with van der Waals surface area (Å²) in [6.45, 7) is 2.35. The number of rotatable bonds is 2. The smallest absolute Gasteiger partial charge is 0.283 e. The summed E-state index contributed by atoms with van der Waals surface area (Å²) >= 11 is 0. The molecule has 2 heterocycles. The molecule has 0 spiro atoms. The van der Waals surface area contributed by atoms with Crippen molar-refractivity contribution in [3.8, 4) is 0 Å². The lowest BCUT2D eigenvalue weighted by atomic mass is 10.1. The van der Waals surface area contributed by atoms with E-state index in [0.29, 0.717) is 24.3 Å². The summed E-state index contributed by atoms with van der Waals surface area (Å²) in [4.78, 5) is 3.95. The topological polar surface area (TPSA) is 81.2 Å². The van der Waals surface area contributed by atoms with E-state index in [9.17, 15) is 8.42 Å². The number of nitrogens with zero attached hydrogens (tertiary/aromatic N) is 3. The van der Waals surface area contributed by atoms with E-state index in [1.54, 1.807) is 17.7 Å². The number of hydrogen-bond donors (Lipinski definition) is 1. The number of nitrogens with two attached hydrogens (primary N) is 1. The van der Waals surface area contributed by atoms with Crippen LogP contribution in [0.4, 0.5) is 11.4 Å². The molecular formula is C13H16N4O2S. The molecule has 1 aromatic carbocycles. The Labute approximate surface area is 117 Å². The van der Waals surface area contributed by atoms with Gasteiger partial charge in [-0.15, -0.1) is 0 Å². The van der Waals surface area contributed by atoms with Crippen molar-refractivity contribution in [2.45, 2.75) is 18.4 Å². The second kappa shape index (κ2) is 4.24. The van der Waals surface area contributed by atoms with E-state index in [2.05, 4.69) is 4.98 Å². The molecule has 2 aromatic rings. The molecule has 0 amide bonds. The highest BCUT2D eigenvalue weighted by Crippen LogP contribution is 2.35. The van der Waals surface area contributed by atoms with Gasteiger partial charge < -0.3 is 10.3 Å². The normalized spacial score (nSPS) is 14.6. The third-order valence-electron chi connectivity index (χ3n) is 3.56. The average molecular weight is 292 g/mol. The first-order chi connectivity index (χ1) is 9.39. The number of hydrogen-bond acceptors (Lipinski definition) is 4. The molecule has 0 saturated carbocycles. The van der Waals surface area contributed by atoms with Gasteiger partial charge in [0.05, 0.1) is 12.0 Å². The summed E-state index contributed by atoms with van der Waals surface area (Å²) in [6.07, 6.45) is 3.68. The second-order valence-corrected chi connectivity index (χ2v) is 6.85. The van der Waals surface area contributed by atoms with Gasteiger partial charge in [-0.2, -0.15) is 8.42 Å². The Morgan fingerprint density at radius 3 is 2.75 bits per heavy atom. The zero-order chi connectivity index (χ0) is 14.5. The first kappa shape index (κ1) is 13.0. The minimum atomic E-state index is -3.62. The summed E-state index contributed by atoms with van der Waals surface area (Å²) in [7, 11) is -1.87. The molecule has 2 N–H and O–H groups in total. The monoisotopic (exact) mass is 292 g/mol. The Hall–Kier alpha value is -2.02. The number of aromatic nitrogens is 2. The summed E-state index contributed by atoms with van der Waals surface area (Å²) in [5.74, 6) is 0. The highest BCUT2D eigenvalue weighted by molar-refractivity contribution is 7.92. The lowest BCUT2D eigenvalue weighted by Gasteiger charge is -2.18. The van der Waals surface area contributed by atoms with Crippen LogP contribution >= 0.6 is 0 Å². The van der Waals surface area contributed by atoms with Crippen LogP contribution in [0.25, 0.3) is 0 Å². The molecule has 0 saturated heterocycles. The molecule has 0 atom stereocenters. The molecule has 6 nitrogen and oxygen atoms in total. The van der Waals surface area contributed by atoms with Crippen molar-refractivity contribution in [3.63, 3.8) is 0 Å². The van der Waals surface area contributed by atoms with E-state index in [4.69, 9.17) is 5.73 Å². The van der Waals surface area contributed by atoms with Crippen molar-refractivity contribution in [2.24, 2.45) is 7.05 Å². The highest BCUT2D eigenvalue weighted by Gasteiger charge is 2.32. The minimum Gasteiger partial charge on any atom is -0.398 e. The Balaban J connectivity index is 2.09. The van der Waals surface area contributed by atoms with E-state index in [-0.39, 0.29) is 5.03 Å². The zero-order valence-corrected chi connectivity index (χ0v) is 12.2. The van der Waals surface area contributed by atoms with E-state index >= 15 is 0 Å². The number of nitrogen functional groups attached to an aromatic ring is 1. The number of aryl methyl sites for hydroxylation is 2. The molecule has 0 radical (unpaired) electrons. The summed E-state index contributed by atoms with van der Waals surface area (Å²) in [5, 5.41) is 0.0620. The van der Waals surface area contributed by atoms with E-state index in [0.717, 1.165) is 11.1 Å². The molecule has 0 fully saturated rings. The van der Waals surface area contributed by atoms with Crippen LogP contribution in [0.1, 0.15) is 11.1 Å². The second-order valence-electron chi connectivity index (χ2n) is 5.04. The van der Waals surface area contributed by atoms with Gasteiger partial charge in [-0.25, -0.2) is 4.98 Å². The average Bonchev–Trinajstić information content (AvgIpc) is 2.97. The lowest BCUT2D eigenvalue weighted by molar-refractivity contribution is 0.589. The third kappa shape index (κ3) is 1.85. The number of anilines is 2. The minimum absolute atomic E-state index is 0.0620. The van der Waals surface area contributed by atoms with Crippen LogP contribution in [0.15, 0.2) is 29.7 Å². The highest BCUT2D eigenvalue weighted by atomic mass is 32.2. The van der Waals surface area contributed by atoms with Crippen LogP contribution in [0.2, 0.25) is 0 Å². The lowest BCUT2D eigenvalue weighted by Crippen LogP contribution is -2.29. The van der Waals surface area contributed by atoms with Crippen LogP contribution in [0.3, 0.4) is 0 Å². The van der Waals surface area contributed by atoms with Crippen molar-refractivity contribution in [3.05, 3.63) is 35.8 Å². The third-order valence-corrected chi connectivity index (χ3v) is 5.25. The molecular weight excluding hydrogens is 276 g/mol. The van der Waals surface area contributed by atoms with Gasteiger partial charge in [-0.05, 0) is 30.5 Å². The summed E-state index contributed by atoms with van der Waals surface area (Å²) < 4.78 is 28.2. The molecule has 7 heteroatoms. The molecule has 0 aliphatic carbocycles. The Morgan fingerprint density at radius 2 is 2.10 bits per heavy atom. The molecule has 0 bridgehead atoms. The molecule has 106 valence electrons. The maximum absolute atomic E-state index is 12.6. The van der Waals surface area contributed by atoms with Crippen molar-refractivity contribution < 1.29 is 8.42 Å². The molecule has 20 heavy (non-hydrogen) atoms. The van der Waals surface area contributed by atoms with Crippen molar-refractivity contribution in [1.82, 2.24) is 9.55 Å².